The van der Waals surface area contributed by atoms with E-state index in [4.69, 9.17) is 0 Å². The highest BCUT2D eigenvalue weighted by Crippen LogP contribution is 2.34. The number of nitrogens with zero attached hydrogens (tertiary/aromatic N) is 2. The average Bonchev–Trinajstić information content (AvgIpc) is 2.75. The lowest BCUT2D eigenvalue weighted by atomic mass is 9.99. The molecule has 0 radical (unpaired) electrons. The maximum atomic E-state index is 12.6. The molecule has 0 aromatic carbocycles. The van der Waals surface area contributed by atoms with Gasteiger partial charge in [-0.1, -0.05) is 0 Å². The normalized spacial score (nSPS) is 22.3. The summed E-state index contributed by atoms with van der Waals surface area (Å²) in [5, 5.41) is 9.42. The third-order valence-electron chi connectivity index (χ3n) is 3.77. The molecule has 7 heteroatoms. The van der Waals surface area contributed by atoms with E-state index in [-0.39, 0.29) is 6.04 Å². The number of hydrogen-bond acceptors (Lipinski definition) is 2. The van der Waals surface area contributed by atoms with E-state index in [2.05, 4.69) is 0 Å². The Labute approximate surface area is 114 Å². The van der Waals surface area contributed by atoms with Crippen molar-refractivity contribution in [1.29, 1.82) is 0 Å². The van der Waals surface area contributed by atoms with Crippen molar-refractivity contribution in [2.24, 2.45) is 0 Å². The lowest BCUT2D eigenvalue weighted by Gasteiger charge is -2.37. The van der Waals surface area contributed by atoms with Gasteiger partial charge in [-0.2, -0.15) is 13.2 Å². The molecule has 2 atom stereocenters. The molecule has 0 saturated heterocycles. The Kier molecular flexibility index (Phi) is 3.58. The molecule has 4 nitrogen and oxygen atoms in total. The Morgan fingerprint density at radius 2 is 2.10 bits per heavy atom. The number of carbonyl (C=O) groups excluding carboxylic acids is 1. The van der Waals surface area contributed by atoms with E-state index in [9.17, 15) is 23.1 Å². The summed E-state index contributed by atoms with van der Waals surface area (Å²) >= 11 is 0. The topological polar surface area (TPSA) is 45.5 Å². The van der Waals surface area contributed by atoms with E-state index in [0.29, 0.717) is 20.0 Å². The van der Waals surface area contributed by atoms with Gasteiger partial charge in [0.25, 0.3) is 0 Å². The van der Waals surface area contributed by atoms with Crippen LogP contribution in [0.4, 0.5) is 13.2 Å². The summed E-state index contributed by atoms with van der Waals surface area (Å²) in [5.74, 6) is -0.688. The Hall–Kier alpha value is -1.50. The van der Waals surface area contributed by atoms with E-state index in [1.807, 2.05) is 22.9 Å². The van der Waals surface area contributed by atoms with Gasteiger partial charge in [0.1, 0.15) is 0 Å². The minimum absolute atomic E-state index is 0.296. The number of hydrogen-bond donors (Lipinski definition) is 1. The third kappa shape index (κ3) is 2.54. The van der Waals surface area contributed by atoms with Crippen molar-refractivity contribution in [1.82, 2.24) is 9.47 Å². The lowest BCUT2D eigenvalue weighted by molar-refractivity contribution is -0.254. The zero-order valence-electron chi connectivity index (χ0n) is 11.3. The van der Waals surface area contributed by atoms with Crippen molar-refractivity contribution >= 4 is 5.91 Å². The smallest absolute Gasteiger partial charge is 0.380 e. The van der Waals surface area contributed by atoms with Gasteiger partial charge in [0, 0.05) is 25.0 Å². The number of alkyl halides is 3. The van der Waals surface area contributed by atoms with Crippen LogP contribution >= 0.6 is 0 Å². The first-order valence-corrected chi connectivity index (χ1v) is 6.37. The monoisotopic (exact) mass is 290 g/mol. The number of amides is 1. The van der Waals surface area contributed by atoms with Gasteiger partial charge in [0.15, 0.2) is 5.60 Å². The van der Waals surface area contributed by atoms with Crippen LogP contribution in [-0.2, 0) is 11.3 Å². The van der Waals surface area contributed by atoms with Crippen molar-refractivity contribution in [2.75, 3.05) is 6.54 Å². The molecule has 1 aliphatic rings. The summed E-state index contributed by atoms with van der Waals surface area (Å²) in [7, 11) is 0. The SMILES string of the molecule is C[C@@H]1c2cccn2CCN1C(=O)C[C@@](C)(O)C(F)(F)F. The molecule has 2 heterocycles. The van der Waals surface area contributed by atoms with Crippen molar-refractivity contribution in [2.45, 2.75) is 44.6 Å². The zero-order chi connectivity index (χ0) is 15.1. The van der Waals surface area contributed by atoms with Gasteiger partial charge in [0.2, 0.25) is 5.91 Å². The number of carbonyl (C=O) groups is 1. The summed E-state index contributed by atoms with van der Waals surface area (Å²) < 4.78 is 39.8. The van der Waals surface area contributed by atoms with Crippen LogP contribution in [0.15, 0.2) is 18.3 Å². The van der Waals surface area contributed by atoms with Crippen molar-refractivity contribution < 1.29 is 23.1 Å². The zero-order valence-corrected chi connectivity index (χ0v) is 11.3. The Morgan fingerprint density at radius 1 is 1.45 bits per heavy atom. The second-order valence-electron chi connectivity index (χ2n) is 5.34. The molecule has 0 saturated carbocycles. The van der Waals surface area contributed by atoms with Gasteiger partial charge in [0.05, 0.1) is 12.5 Å². The molecule has 0 spiro atoms. The van der Waals surface area contributed by atoms with E-state index in [1.165, 1.54) is 4.90 Å². The Morgan fingerprint density at radius 3 is 2.70 bits per heavy atom. The van der Waals surface area contributed by atoms with Crippen LogP contribution in [0.1, 0.15) is 32.0 Å². The molecule has 2 rings (SSSR count). The summed E-state index contributed by atoms with van der Waals surface area (Å²) in [6, 6.07) is 3.38. The van der Waals surface area contributed by atoms with Crippen LogP contribution in [-0.4, -0.2) is 38.8 Å². The molecule has 1 N–H and O–H groups in total. The molecule has 20 heavy (non-hydrogen) atoms. The van der Waals surface area contributed by atoms with Gasteiger partial charge in [-0.25, -0.2) is 0 Å². The largest absolute Gasteiger partial charge is 0.417 e. The quantitative estimate of drug-likeness (QED) is 0.906. The summed E-state index contributed by atoms with van der Waals surface area (Å²) in [6.45, 7) is 3.29. The molecular weight excluding hydrogens is 273 g/mol. The highest BCUT2D eigenvalue weighted by Gasteiger charge is 2.51. The van der Waals surface area contributed by atoms with E-state index < -0.39 is 24.1 Å². The molecule has 0 aliphatic carbocycles. The molecule has 1 amide bonds. The predicted molar refractivity (Wildman–Crippen MR) is 65.9 cm³/mol. The third-order valence-corrected chi connectivity index (χ3v) is 3.77. The fraction of sp³-hybridized carbons (Fsp3) is 0.615. The van der Waals surface area contributed by atoms with Gasteiger partial charge < -0.3 is 14.6 Å². The fourth-order valence-corrected chi connectivity index (χ4v) is 2.42. The maximum Gasteiger partial charge on any atom is 0.417 e. The highest BCUT2D eigenvalue weighted by molar-refractivity contribution is 5.78. The first kappa shape index (κ1) is 14.9. The average molecular weight is 290 g/mol. The maximum absolute atomic E-state index is 12.6. The molecule has 1 aromatic heterocycles. The van der Waals surface area contributed by atoms with Crippen LogP contribution in [0.5, 0.6) is 0 Å². The fourth-order valence-electron chi connectivity index (χ4n) is 2.42. The van der Waals surface area contributed by atoms with E-state index in [1.54, 1.807) is 6.92 Å². The van der Waals surface area contributed by atoms with Crippen molar-refractivity contribution in [3.8, 4) is 0 Å². The van der Waals surface area contributed by atoms with Crippen LogP contribution in [0.3, 0.4) is 0 Å². The van der Waals surface area contributed by atoms with Crippen LogP contribution < -0.4 is 0 Å². The second-order valence-corrected chi connectivity index (χ2v) is 5.34. The highest BCUT2D eigenvalue weighted by atomic mass is 19.4. The predicted octanol–water partition coefficient (Wildman–Crippen LogP) is 2.09. The first-order chi connectivity index (χ1) is 9.13. The number of fused-ring (bicyclic) bond motifs is 1. The number of rotatable bonds is 2. The molecule has 0 fully saturated rings. The Balaban J connectivity index is 2.12. The minimum atomic E-state index is -4.82. The number of aromatic nitrogens is 1. The number of halogens is 3. The standard InChI is InChI=1S/C13H17F3N2O2/c1-9-10-4-3-5-17(10)6-7-18(9)11(19)8-12(2,20)13(14,15)16/h3-5,9,20H,6-8H2,1-2H3/t9-,12-/m1/s1. The van der Waals surface area contributed by atoms with Gasteiger partial charge in [-0.05, 0) is 26.0 Å². The minimum Gasteiger partial charge on any atom is -0.380 e. The molecule has 0 unspecified atom stereocenters. The van der Waals surface area contributed by atoms with Crippen molar-refractivity contribution in [3.63, 3.8) is 0 Å². The summed E-state index contributed by atoms with van der Waals surface area (Å²) in [4.78, 5) is 13.4. The van der Waals surface area contributed by atoms with Gasteiger partial charge >= 0.3 is 6.18 Å². The molecule has 0 bridgehead atoms. The van der Waals surface area contributed by atoms with E-state index >= 15 is 0 Å². The van der Waals surface area contributed by atoms with Gasteiger partial charge in [-0.15, -0.1) is 0 Å². The first-order valence-electron chi connectivity index (χ1n) is 6.37. The second kappa shape index (κ2) is 4.80. The molecule has 112 valence electrons. The summed E-state index contributed by atoms with van der Waals surface area (Å²) in [5.41, 5.74) is -2.11. The molecular formula is C13H17F3N2O2. The van der Waals surface area contributed by atoms with Crippen LogP contribution in [0, 0.1) is 0 Å². The molecule has 1 aromatic rings. The molecule has 1 aliphatic heterocycles. The number of aliphatic hydroxyl groups is 1. The lowest BCUT2D eigenvalue weighted by Crippen LogP contribution is -2.49. The van der Waals surface area contributed by atoms with E-state index in [0.717, 1.165) is 5.69 Å². The van der Waals surface area contributed by atoms with Crippen LogP contribution in [0.2, 0.25) is 0 Å². The summed E-state index contributed by atoms with van der Waals surface area (Å²) in [6.07, 6.45) is -3.90. The van der Waals surface area contributed by atoms with Gasteiger partial charge in [-0.3, -0.25) is 4.79 Å². The Bertz CT molecular complexity index is 508. The van der Waals surface area contributed by atoms with Crippen LogP contribution in [0.25, 0.3) is 0 Å². The van der Waals surface area contributed by atoms with Crippen molar-refractivity contribution in [3.05, 3.63) is 24.0 Å².